The molecular weight excluding hydrogens is 317 g/mol. The number of halogens is 2. The molecule has 0 saturated carbocycles. The number of aromatic nitrogens is 1. The van der Waals surface area contributed by atoms with Crippen LogP contribution in [0.15, 0.2) is 5.51 Å². The summed E-state index contributed by atoms with van der Waals surface area (Å²) in [6, 6.07) is 0. The van der Waals surface area contributed by atoms with Gasteiger partial charge in [0.1, 0.15) is 0 Å². The molecule has 0 bridgehead atoms. The first-order valence-electron chi connectivity index (χ1n) is 6.60. The van der Waals surface area contributed by atoms with E-state index in [-0.39, 0.29) is 24.8 Å². The summed E-state index contributed by atoms with van der Waals surface area (Å²) in [4.78, 5) is 7.85. The Hall–Kier alpha value is 0.0900. The quantitative estimate of drug-likeness (QED) is 0.858. The van der Waals surface area contributed by atoms with Crippen molar-refractivity contribution < 1.29 is 5.11 Å². The van der Waals surface area contributed by atoms with Crippen molar-refractivity contribution in [2.75, 3.05) is 33.2 Å². The average Bonchev–Trinajstić information content (AvgIpc) is 2.72. The van der Waals surface area contributed by atoms with E-state index in [1.807, 2.05) is 5.51 Å². The average molecular weight is 342 g/mol. The first kappa shape index (κ1) is 20.1. The van der Waals surface area contributed by atoms with Gasteiger partial charge < -0.3 is 15.3 Å². The van der Waals surface area contributed by atoms with Gasteiger partial charge in [-0.25, -0.2) is 4.98 Å². The molecule has 0 aromatic carbocycles. The third kappa shape index (κ3) is 5.84. The molecule has 2 N–H and O–H groups in total. The fourth-order valence-corrected chi connectivity index (χ4v) is 3.30. The van der Waals surface area contributed by atoms with E-state index in [9.17, 15) is 5.11 Å². The molecule has 0 amide bonds. The van der Waals surface area contributed by atoms with Gasteiger partial charge in [0.05, 0.1) is 16.8 Å². The summed E-state index contributed by atoms with van der Waals surface area (Å²) in [7, 11) is 2.09. The van der Waals surface area contributed by atoms with Crippen molar-refractivity contribution >= 4 is 36.2 Å². The maximum Gasteiger partial charge on any atom is 0.0897 e. The van der Waals surface area contributed by atoms with Gasteiger partial charge in [0.15, 0.2) is 0 Å². The number of aryl methyl sites for hydroxylation is 1. The molecule has 1 saturated heterocycles. The lowest BCUT2D eigenvalue weighted by molar-refractivity contribution is -0.00933. The lowest BCUT2D eigenvalue weighted by Gasteiger charge is -2.36. The molecule has 20 heavy (non-hydrogen) atoms. The molecule has 118 valence electrons. The molecule has 0 radical (unpaired) electrons. The number of aliphatic hydroxyl groups is 1. The highest BCUT2D eigenvalue weighted by molar-refractivity contribution is 7.09. The zero-order valence-electron chi connectivity index (χ0n) is 12.1. The van der Waals surface area contributed by atoms with E-state index in [2.05, 4.69) is 29.2 Å². The Morgan fingerprint density at radius 3 is 2.80 bits per heavy atom. The second-order valence-corrected chi connectivity index (χ2v) is 6.29. The van der Waals surface area contributed by atoms with Crippen LogP contribution in [-0.2, 0) is 6.42 Å². The molecule has 1 atom stereocenters. The van der Waals surface area contributed by atoms with Crippen molar-refractivity contribution in [3.8, 4) is 0 Å². The van der Waals surface area contributed by atoms with E-state index in [4.69, 9.17) is 0 Å². The molecule has 7 heteroatoms. The second-order valence-electron chi connectivity index (χ2n) is 5.35. The number of hydrogen-bond acceptors (Lipinski definition) is 5. The van der Waals surface area contributed by atoms with Gasteiger partial charge in [0.25, 0.3) is 0 Å². The van der Waals surface area contributed by atoms with Gasteiger partial charge in [-0.2, -0.15) is 0 Å². The van der Waals surface area contributed by atoms with Gasteiger partial charge in [-0.05, 0) is 39.8 Å². The Bertz CT molecular complexity index is 383. The van der Waals surface area contributed by atoms with Crippen LogP contribution in [0.2, 0.25) is 0 Å². The third-order valence-electron chi connectivity index (χ3n) is 3.58. The molecule has 1 aliphatic rings. The van der Waals surface area contributed by atoms with Gasteiger partial charge in [-0.3, -0.25) is 0 Å². The van der Waals surface area contributed by atoms with Gasteiger partial charge in [-0.15, -0.1) is 36.2 Å². The van der Waals surface area contributed by atoms with Gasteiger partial charge in [0, 0.05) is 24.5 Å². The number of rotatable bonds is 5. The Labute approximate surface area is 137 Å². The zero-order chi connectivity index (χ0) is 13.0. The fourth-order valence-electron chi connectivity index (χ4n) is 2.53. The van der Waals surface area contributed by atoms with Crippen molar-refractivity contribution in [3.63, 3.8) is 0 Å². The normalized spacial score (nSPS) is 22.2. The van der Waals surface area contributed by atoms with Gasteiger partial charge in [0.2, 0.25) is 0 Å². The SMILES string of the molecule is Cc1ncsc1CCN(C)CC1(O)CCCNC1.Cl.Cl. The summed E-state index contributed by atoms with van der Waals surface area (Å²) in [6.07, 6.45) is 3.00. The predicted molar refractivity (Wildman–Crippen MR) is 89.6 cm³/mol. The van der Waals surface area contributed by atoms with Crippen LogP contribution in [0.25, 0.3) is 0 Å². The summed E-state index contributed by atoms with van der Waals surface area (Å²) in [5.74, 6) is 0. The molecule has 0 spiro atoms. The lowest BCUT2D eigenvalue weighted by Crippen LogP contribution is -2.52. The number of thiazole rings is 1. The van der Waals surface area contributed by atoms with E-state index in [1.54, 1.807) is 11.3 Å². The minimum atomic E-state index is -0.546. The van der Waals surface area contributed by atoms with E-state index >= 15 is 0 Å². The number of nitrogens with one attached hydrogen (secondary N) is 1. The van der Waals surface area contributed by atoms with Gasteiger partial charge in [-0.1, -0.05) is 0 Å². The molecule has 0 aliphatic carbocycles. The van der Waals surface area contributed by atoms with Gasteiger partial charge >= 0.3 is 0 Å². The van der Waals surface area contributed by atoms with Crippen LogP contribution in [0.4, 0.5) is 0 Å². The van der Waals surface area contributed by atoms with E-state index in [1.165, 1.54) is 4.88 Å². The first-order valence-corrected chi connectivity index (χ1v) is 7.48. The Kier molecular flexibility index (Phi) is 9.22. The largest absolute Gasteiger partial charge is 0.387 e. The predicted octanol–water partition coefficient (Wildman–Crippen LogP) is 1.88. The highest BCUT2D eigenvalue weighted by Crippen LogP contribution is 2.18. The Morgan fingerprint density at radius 1 is 1.50 bits per heavy atom. The molecule has 1 aromatic heterocycles. The van der Waals surface area contributed by atoms with E-state index in [0.29, 0.717) is 0 Å². The van der Waals surface area contributed by atoms with Crippen LogP contribution in [0.3, 0.4) is 0 Å². The molecule has 1 aromatic rings. The topological polar surface area (TPSA) is 48.4 Å². The van der Waals surface area contributed by atoms with Crippen LogP contribution >= 0.6 is 36.2 Å². The molecular formula is C13H25Cl2N3OS. The highest BCUT2D eigenvalue weighted by Gasteiger charge is 2.30. The van der Waals surface area contributed by atoms with E-state index < -0.39 is 5.60 Å². The summed E-state index contributed by atoms with van der Waals surface area (Å²) < 4.78 is 0. The molecule has 1 unspecified atom stereocenters. The molecule has 1 fully saturated rings. The minimum absolute atomic E-state index is 0. The van der Waals surface area contributed by atoms with Crippen LogP contribution in [0.5, 0.6) is 0 Å². The number of likely N-dealkylation sites (N-methyl/N-ethyl adjacent to an activating group) is 1. The monoisotopic (exact) mass is 341 g/mol. The molecule has 2 heterocycles. The first-order chi connectivity index (χ1) is 8.59. The summed E-state index contributed by atoms with van der Waals surface area (Å²) >= 11 is 1.72. The highest BCUT2D eigenvalue weighted by atomic mass is 35.5. The minimum Gasteiger partial charge on any atom is -0.387 e. The van der Waals surface area contributed by atoms with Crippen molar-refractivity contribution in [2.24, 2.45) is 0 Å². The van der Waals surface area contributed by atoms with Crippen molar-refractivity contribution in [3.05, 3.63) is 16.1 Å². The van der Waals surface area contributed by atoms with Crippen LogP contribution in [0.1, 0.15) is 23.4 Å². The number of hydrogen-bond donors (Lipinski definition) is 2. The third-order valence-corrected chi connectivity index (χ3v) is 4.57. The summed E-state index contributed by atoms with van der Waals surface area (Å²) in [5.41, 5.74) is 2.50. The second kappa shape index (κ2) is 9.18. The fraction of sp³-hybridized carbons (Fsp3) is 0.769. The molecule has 4 nitrogen and oxygen atoms in total. The van der Waals surface area contributed by atoms with Crippen molar-refractivity contribution in [2.45, 2.75) is 31.8 Å². The number of nitrogens with zero attached hydrogens (tertiary/aromatic N) is 2. The summed E-state index contributed by atoms with van der Waals surface area (Å²) in [6.45, 7) is 5.54. The maximum absolute atomic E-state index is 10.4. The van der Waals surface area contributed by atoms with Crippen molar-refractivity contribution in [1.82, 2.24) is 15.2 Å². The van der Waals surface area contributed by atoms with Crippen LogP contribution in [0, 0.1) is 6.92 Å². The maximum atomic E-state index is 10.4. The number of piperidine rings is 1. The standard InChI is InChI=1S/C13H23N3OS.2ClH/c1-11-12(18-10-15-11)4-7-16(2)9-13(17)5-3-6-14-8-13;;/h10,14,17H,3-9H2,1-2H3;2*1H. The van der Waals surface area contributed by atoms with Crippen molar-refractivity contribution in [1.29, 1.82) is 0 Å². The summed E-state index contributed by atoms with van der Waals surface area (Å²) in [5, 5.41) is 13.7. The Balaban J connectivity index is 0.00000180. The molecule has 1 aliphatic heterocycles. The molecule has 2 rings (SSSR count). The lowest BCUT2D eigenvalue weighted by atomic mass is 9.93. The number of β-amino-alcohol motifs (C(OH)–C–C–N with tert-alkyl or cyclic N) is 1. The van der Waals surface area contributed by atoms with Crippen LogP contribution < -0.4 is 5.32 Å². The Morgan fingerprint density at radius 2 is 2.25 bits per heavy atom. The van der Waals surface area contributed by atoms with Crippen LogP contribution in [-0.4, -0.2) is 53.8 Å². The smallest absolute Gasteiger partial charge is 0.0897 e. The van der Waals surface area contributed by atoms with E-state index in [0.717, 1.165) is 51.1 Å². The zero-order valence-corrected chi connectivity index (χ0v) is 14.5.